The van der Waals surface area contributed by atoms with Gasteiger partial charge in [0.05, 0.1) is 19.2 Å². The van der Waals surface area contributed by atoms with Crippen LogP contribution in [0.4, 0.5) is 0 Å². The number of nitrogens with zero attached hydrogens (tertiary/aromatic N) is 1. The highest BCUT2D eigenvalue weighted by Gasteiger charge is 2.13. The third kappa shape index (κ3) is 4.71. The Bertz CT molecular complexity index is 954. The Balaban J connectivity index is 1.80. The topological polar surface area (TPSA) is 68.7 Å². The highest BCUT2D eigenvalue weighted by atomic mass is 35.5. The van der Waals surface area contributed by atoms with Crippen LogP contribution in [-0.2, 0) is 17.8 Å². The average Bonchev–Trinajstić information content (AvgIpc) is 3.09. The molecule has 2 aromatic carbocycles. The van der Waals surface area contributed by atoms with Crippen molar-refractivity contribution < 1.29 is 19.4 Å². The second kappa shape index (κ2) is 8.61. The van der Waals surface area contributed by atoms with E-state index in [9.17, 15) is 4.79 Å². The SMILES string of the molecule is COc1cc(-c2nc(CC(=O)O)cs2)ccc1OCc1c(Cl)cccc1Cl. The van der Waals surface area contributed by atoms with Gasteiger partial charge < -0.3 is 14.6 Å². The summed E-state index contributed by atoms with van der Waals surface area (Å²) in [6.45, 7) is 0.203. The van der Waals surface area contributed by atoms with E-state index in [1.54, 1.807) is 42.8 Å². The zero-order chi connectivity index (χ0) is 19.4. The molecular weight excluding hydrogens is 409 g/mol. The zero-order valence-corrected chi connectivity index (χ0v) is 16.6. The van der Waals surface area contributed by atoms with Crippen molar-refractivity contribution in [2.75, 3.05) is 7.11 Å². The molecule has 0 aliphatic carbocycles. The molecule has 0 aliphatic heterocycles. The highest BCUT2D eigenvalue weighted by Crippen LogP contribution is 2.35. The van der Waals surface area contributed by atoms with E-state index in [-0.39, 0.29) is 13.0 Å². The van der Waals surface area contributed by atoms with Crippen molar-refractivity contribution in [1.82, 2.24) is 4.98 Å². The molecule has 0 radical (unpaired) electrons. The van der Waals surface area contributed by atoms with Crippen LogP contribution >= 0.6 is 34.5 Å². The van der Waals surface area contributed by atoms with E-state index in [0.717, 1.165) is 5.56 Å². The van der Waals surface area contributed by atoms with Gasteiger partial charge in [-0.1, -0.05) is 29.3 Å². The Morgan fingerprint density at radius 2 is 1.93 bits per heavy atom. The van der Waals surface area contributed by atoms with Crippen LogP contribution in [0.2, 0.25) is 10.0 Å². The molecular formula is C19H15Cl2NO4S. The number of halogens is 2. The molecule has 0 unspecified atom stereocenters. The number of aromatic nitrogens is 1. The fraction of sp³-hybridized carbons (Fsp3) is 0.158. The van der Waals surface area contributed by atoms with Gasteiger partial charge in [-0.05, 0) is 30.3 Å². The average molecular weight is 424 g/mol. The Morgan fingerprint density at radius 1 is 1.19 bits per heavy atom. The van der Waals surface area contributed by atoms with Gasteiger partial charge in [-0.3, -0.25) is 4.79 Å². The van der Waals surface area contributed by atoms with Crippen molar-refractivity contribution in [3.8, 4) is 22.1 Å². The predicted molar refractivity (Wildman–Crippen MR) is 106 cm³/mol. The lowest BCUT2D eigenvalue weighted by Gasteiger charge is -2.13. The first kappa shape index (κ1) is 19.5. The summed E-state index contributed by atoms with van der Waals surface area (Å²) in [7, 11) is 1.55. The van der Waals surface area contributed by atoms with Crippen LogP contribution < -0.4 is 9.47 Å². The molecule has 0 bridgehead atoms. The zero-order valence-electron chi connectivity index (χ0n) is 14.2. The van der Waals surface area contributed by atoms with Gasteiger partial charge >= 0.3 is 5.97 Å². The van der Waals surface area contributed by atoms with Crippen LogP contribution in [0.25, 0.3) is 10.6 Å². The molecule has 0 amide bonds. The Labute approximate surface area is 170 Å². The molecule has 0 fully saturated rings. The Hall–Kier alpha value is -2.28. The van der Waals surface area contributed by atoms with Crippen molar-refractivity contribution in [3.63, 3.8) is 0 Å². The van der Waals surface area contributed by atoms with Gasteiger partial charge in [0.15, 0.2) is 11.5 Å². The number of thiazole rings is 1. The monoisotopic (exact) mass is 423 g/mol. The summed E-state index contributed by atoms with van der Waals surface area (Å²) >= 11 is 13.7. The molecule has 0 spiro atoms. The number of aliphatic carboxylic acids is 1. The molecule has 5 nitrogen and oxygen atoms in total. The highest BCUT2D eigenvalue weighted by molar-refractivity contribution is 7.13. The lowest BCUT2D eigenvalue weighted by atomic mass is 10.2. The maximum Gasteiger partial charge on any atom is 0.309 e. The molecule has 140 valence electrons. The molecule has 1 heterocycles. The minimum absolute atomic E-state index is 0.104. The van der Waals surface area contributed by atoms with Gasteiger partial charge in [-0.25, -0.2) is 4.98 Å². The normalized spacial score (nSPS) is 10.6. The molecule has 3 rings (SSSR count). The van der Waals surface area contributed by atoms with Gasteiger partial charge in [0, 0.05) is 26.6 Å². The number of hydrogen-bond donors (Lipinski definition) is 1. The van der Waals surface area contributed by atoms with E-state index in [1.807, 2.05) is 6.07 Å². The molecule has 0 saturated heterocycles. The van der Waals surface area contributed by atoms with Crippen molar-refractivity contribution in [2.45, 2.75) is 13.0 Å². The quantitative estimate of drug-likeness (QED) is 0.555. The summed E-state index contributed by atoms with van der Waals surface area (Å²) in [4.78, 5) is 15.2. The first-order valence-electron chi connectivity index (χ1n) is 7.88. The van der Waals surface area contributed by atoms with E-state index < -0.39 is 5.97 Å². The van der Waals surface area contributed by atoms with E-state index >= 15 is 0 Å². The van der Waals surface area contributed by atoms with Crippen LogP contribution in [-0.4, -0.2) is 23.2 Å². The smallest absolute Gasteiger partial charge is 0.309 e. The molecule has 1 aromatic heterocycles. The summed E-state index contributed by atoms with van der Waals surface area (Å²) in [6.07, 6.45) is -0.104. The third-order valence-electron chi connectivity index (χ3n) is 3.73. The third-order valence-corrected chi connectivity index (χ3v) is 5.38. The Kier molecular flexibility index (Phi) is 6.21. The van der Waals surface area contributed by atoms with Crippen LogP contribution in [0.3, 0.4) is 0 Å². The van der Waals surface area contributed by atoms with E-state index in [4.69, 9.17) is 37.8 Å². The van der Waals surface area contributed by atoms with E-state index in [0.29, 0.717) is 37.8 Å². The molecule has 0 aliphatic rings. The van der Waals surface area contributed by atoms with E-state index in [2.05, 4.69) is 4.98 Å². The minimum atomic E-state index is -0.911. The first-order chi connectivity index (χ1) is 13.0. The molecule has 8 heteroatoms. The fourth-order valence-corrected chi connectivity index (χ4v) is 3.74. The fourth-order valence-electron chi connectivity index (χ4n) is 2.42. The van der Waals surface area contributed by atoms with Gasteiger partial charge in [0.25, 0.3) is 0 Å². The number of carbonyl (C=O) groups is 1. The van der Waals surface area contributed by atoms with Gasteiger partial charge in [-0.2, -0.15) is 0 Å². The number of methoxy groups -OCH3 is 1. The largest absolute Gasteiger partial charge is 0.493 e. The number of hydrogen-bond acceptors (Lipinski definition) is 5. The number of benzene rings is 2. The van der Waals surface area contributed by atoms with E-state index in [1.165, 1.54) is 11.3 Å². The van der Waals surface area contributed by atoms with Crippen LogP contribution in [0.1, 0.15) is 11.3 Å². The lowest BCUT2D eigenvalue weighted by Crippen LogP contribution is -2.00. The lowest BCUT2D eigenvalue weighted by molar-refractivity contribution is -0.136. The summed E-state index contributed by atoms with van der Waals surface area (Å²) in [5.41, 5.74) is 2.04. The first-order valence-corrected chi connectivity index (χ1v) is 9.51. The summed E-state index contributed by atoms with van der Waals surface area (Å²) in [5.74, 6) is 0.164. The Morgan fingerprint density at radius 3 is 2.59 bits per heavy atom. The second-order valence-electron chi connectivity index (χ2n) is 5.57. The van der Waals surface area contributed by atoms with Gasteiger partial charge in [-0.15, -0.1) is 11.3 Å². The van der Waals surface area contributed by atoms with Crippen LogP contribution in [0.15, 0.2) is 41.8 Å². The number of carboxylic acids is 1. The number of carboxylic acid groups (broad SMARTS) is 1. The van der Waals surface area contributed by atoms with Crippen LogP contribution in [0, 0.1) is 0 Å². The maximum absolute atomic E-state index is 10.8. The van der Waals surface area contributed by atoms with Crippen molar-refractivity contribution in [2.24, 2.45) is 0 Å². The van der Waals surface area contributed by atoms with Gasteiger partial charge in [0.2, 0.25) is 0 Å². The summed E-state index contributed by atoms with van der Waals surface area (Å²) in [6, 6.07) is 10.7. The molecule has 3 aromatic rings. The van der Waals surface area contributed by atoms with Crippen molar-refractivity contribution >= 4 is 40.5 Å². The second-order valence-corrected chi connectivity index (χ2v) is 7.24. The van der Waals surface area contributed by atoms with Gasteiger partial charge in [0.1, 0.15) is 11.6 Å². The van der Waals surface area contributed by atoms with Crippen molar-refractivity contribution in [1.29, 1.82) is 0 Å². The standard InChI is InChI=1S/C19H15Cl2NO4S/c1-25-17-7-11(19-22-12(10-27-19)8-18(23)24)5-6-16(17)26-9-13-14(20)3-2-4-15(13)21/h2-7,10H,8-9H2,1H3,(H,23,24). The summed E-state index contributed by atoms with van der Waals surface area (Å²) in [5, 5.41) is 12.4. The molecule has 0 saturated carbocycles. The molecule has 27 heavy (non-hydrogen) atoms. The minimum Gasteiger partial charge on any atom is -0.493 e. The number of rotatable bonds is 7. The van der Waals surface area contributed by atoms with Crippen LogP contribution in [0.5, 0.6) is 11.5 Å². The number of ether oxygens (including phenoxy) is 2. The summed E-state index contributed by atoms with van der Waals surface area (Å²) < 4.78 is 11.3. The van der Waals surface area contributed by atoms with Crippen molar-refractivity contribution in [3.05, 3.63) is 63.1 Å². The maximum atomic E-state index is 10.8. The predicted octanol–water partition coefficient (Wildman–Crippen LogP) is 5.33. The molecule has 1 N–H and O–H groups in total. The molecule has 0 atom stereocenters.